The Bertz CT molecular complexity index is 816. The topological polar surface area (TPSA) is 37.8 Å². The molecule has 0 bridgehead atoms. The van der Waals surface area contributed by atoms with Gasteiger partial charge in [0.05, 0.1) is 15.7 Å². The predicted octanol–water partition coefficient (Wildman–Crippen LogP) is 5.47. The molecule has 2 aromatic carbocycles. The monoisotopic (exact) mass is 341 g/mol. The summed E-state index contributed by atoms with van der Waals surface area (Å²) in [6, 6.07) is 9.69. The molecule has 106 valence electrons. The van der Waals surface area contributed by atoms with Gasteiger partial charge in [0.15, 0.2) is 11.0 Å². The van der Waals surface area contributed by atoms with Gasteiger partial charge in [0.25, 0.3) is 0 Å². The molecule has 7 heteroatoms. The van der Waals surface area contributed by atoms with Crippen molar-refractivity contribution >= 4 is 57.1 Å². The molecule has 0 radical (unpaired) electrons. The van der Waals surface area contributed by atoms with Gasteiger partial charge in [-0.3, -0.25) is 0 Å². The molecule has 3 rings (SSSR count). The van der Waals surface area contributed by atoms with Crippen LogP contribution in [0.3, 0.4) is 0 Å². The van der Waals surface area contributed by atoms with Crippen LogP contribution in [0.25, 0.3) is 10.8 Å². The van der Waals surface area contributed by atoms with Crippen LogP contribution in [0.15, 0.2) is 36.4 Å². The maximum absolute atomic E-state index is 13.2. The Labute approximate surface area is 134 Å². The van der Waals surface area contributed by atoms with Gasteiger partial charge < -0.3 is 5.32 Å². The van der Waals surface area contributed by atoms with Gasteiger partial charge in [0.2, 0.25) is 0 Å². The summed E-state index contributed by atoms with van der Waals surface area (Å²) in [7, 11) is 0. The number of hydrogen-bond acceptors (Lipinski definition) is 3. The zero-order valence-electron chi connectivity index (χ0n) is 10.4. The predicted molar refractivity (Wildman–Crippen MR) is 84.3 cm³/mol. The van der Waals surface area contributed by atoms with Crippen LogP contribution in [0.4, 0.5) is 15.9 Å². The maximum Gasteiger partial charge on any atom is 0.161 e. The van der Waals surface area contributed by atoms with E-state index in [0.29, 0.717) is 16.7 Å². The Morgan fingerprint density at radius 1 is 0.905 bits per heavy atom. The van der Waals surface area contributed by atoms with E-state index in [1.54, 1.807) is 0 Å². The fourth-order valence-electron chi connectivity index (χ4n) is 1.94. The third kappa shape index (κ3) is 2.75. The van der Waals surface area contributed by atoms with Gasteiger partial charge in [-0.05, 0) is 12.1 Å². The molecule has 3 aromatic rings. The van der Waals surface area contributed by atoms with Crippen LogP contribution in [0, 0.1) is 5.82 Å². The van der Waals surface area contributed by atoms with Gasteiger partial charge in [0.1, 0.15) is 5.82 Å². The van der Waals surface area contributed by atoms with Crippen molar-refractivity contribution in [3.05, 3.63) is 57.4 Å². The van der Waals surface area contributed by atoms with Gasteiger partial charge in [-0.1, -0.05) is 59.1 Å². The fraction of sp³-hybridized carbons (Fsp3) is 0. The van der Waals surface area contributed by atoms with E-state index in [4.69, 9.17) is 34.8 Å². The maximum atomic E-state index is 13.2. The fourth-order valence-corrected chi connectivity index (χ4v) is 2.70. The Hall–Kier alpha value is -1.62. The summed E-state index contributed by atoms with van der Waals surface area (Å²) in [5.74, 6) is -0.0759. The zero-order valence-corrected chi connectivity index (χ0v) is 12.6. The van der Waals surface area contributed by atoms with Crippen molar-refractivity contribution in [2.75, 3.05) is 5.32 Å². The zero-order chi connectivity index (χ0) is 15.0. The number of halogens is 4. The van der Waals surface area contributed by atoms with Crippen molar-refractivity contribution < 1.29 is 4.39 Å². The molecule has 1 N–H and O–H groups in total. The quantitative estimate of drug-likeness (QED) is 0.671. The standard InChI is InChI=1S/C14H7Cl3FN3/c15-10-5-7(18)6-11(16)12(10)19-14-9-4-2-1-3-8(9)13(17)20-21-14/h1-6H,(H,19,21). The number of fused-ring (bicyclic) bond motifs is 1. The first kappa shape index (κ1) is 14.3. The van der Waals surface area contributed by atoms with E-state index >= 15 is 0 Å². The van der Waals surface area contributed by atoms with Crippen molar-refractivity contribution in [2.24, 2.45) is 0 Å². The highest BCUT2D eigenvalue weighted by Gasteiger charge is 2.13. The van der Waals surface area contributed by atoms with Crippen molar-refractivity contribution in [3.63, 3.8) is 0 Å². The van der Waals surface area contributed by atoms with Crippen molar-refractivity contribution in [2.45, 2.75) is 0 Å². The summed E-state index contributed by atoms with van der Waals surface area (Å²) >= 11 is 18.0. The number of hydrogen-bond donors (Lipinski definition) is 1. The summed E-state index contributed by atoms with van der Waals surface area (Å²) < 4.78 is 13.2. The highest BCUT2D eigenvalue weighted by molar-refractivity contribution is 6.39. The lowest BCUT2D eigenvalue weighted by Gasteiger charge is -2.11. The molecule has 0 aliphatic carbocycles. The molecule has 0 amide bonds. The molecule has 0 saturated heterocycles. The molecule has 1 aromatic heterocycles. The molecule has 21 heavy (non-hydrogen) atoms. The second-order valence-electron chi connectivity index (χ2n) is 4.25. The third-order valence-corrected chi connectivity index (χ3v) is 3.77. The summed E-state index contributed by atoms with van der Waals surface area (Å²) in [5, 5.41) is 13.0. The van der Waals surface area contributed by atoms with E-state index < -0.39 is 5.82 Å². The van der Waals surface area contributed by atoms with Crippen LogP contribution in [0.1, 0.15) is 0 Å². The van der Waals surface area contributed by atoms with Crippen LogP contribution in [0.2, 0.25) is 15.2 Å². The van der Waals surface area contributed by atoms with Crippen molar-refractivity contribution in [3.8, 4) is 0 Å². The lowest BCUT2D eigenvalue weighted by Crippen LogP contribution is -1.99. The number of aromatic nitrogens is 2. The molecule has 0 aliphatic rings. The minimum absolute atomic E-state index is 0.154. The second-order valence-corrected chi connectivity index (χ2v) is 5.43. The third-order valence-electron chi connectivity index (χ3n) is 2.89. The average Bonchev–Trinajstić information content (AvgIpc) is 2.45. The SMILES string of the molecule is Fc1cc(Cl)c(Nc2nnc(Cl)c3ccccc23)c(Cl)c1. The number of nitrogens with one attached hydrogen (secondary N) is 1. The highest BCUT2D eigenvalue weighted by atomic mass is 35.5. The largest absolute Gasteiger partial charge is 0.336 e. The molecule has 0 aliphatic heterocycles. The molecule has 0 saturated carbocycles. The number of benzene rings is 2. The Kier molecular flexibility index (Phi) is 3.85. The van der Waals surface area contributed by atoms with E-state index in [0.717, 1.165) is 10.8 Å². The smallest absolute Gasteiger partial charge is 0.161 e. The van der Waals surface area contributed by atoms with E-state index in [1.165, 1.54) is 12.1 Å². The van der Waals surface area contributed by atoms with Crippen LogP contribution in [0.5, 0.6) is 0 Å². The normalized spacial score (nSPS) is 10.9. The first-order valence-corrected chi connectivity index (χ1v) is 7.02. The average molecular weight is 343 g/mol. The summed E-state index contributed by atoms with van der Waals surface area (Å²) in [5.41, 5.74) is 0.363. The van der Waals surface area contributed by atoms with Crippen molar-refractivity contribution in [1.82, 2.24) is 10.2 Å². The molecule has 0 spiro atoms. The molecule has 0 unspecified atom stereocenters. The summed E-state index contributed by atoms with van der Waals surface area (Å²) in [6.07, 6.45) is 0. The van der Waals surface area contributed by atoms with Crippen LogP contribution in [-0.4, -0.2) is 10.2 Å². The van der Waals surface area contributed by atoms with Crippen molar-refractivity contribution in [1.29, 1.82) is 0 Å². The molecular formula is C14H7Cl3FN3. The van der Waals surface area contributed by atoms with Crippen LogP contribution in [-0.2, 0) is 0 Å². The van der Waals surface area contributed by atoms with Crippen LogP contribution >= 0.6 is 34.8 Å². The molecule has 3 nitrogen and oxygen atoms in total. The van der Waals surface area contributed by atoms with E-state index in [-0.39, 0.29) is 10.0 Å². The lowest BCUT2D eigenvalue weighted by atomic mass is 10.2. The van der Waals surface area contributed by atoms with E-state index in [9.17, 15) is 4.39 Å². The summed E-state index contributed by atoms with van der Waals surface area (Å²) in [6.45, 7) is 0. The Morgan fingerprint density at radius 2 is 1.52 bits per heavy atom. The van der Waals surface area contributed by atoms with E-state index in [2.05, 4.69) is 15.5 Å². The van der Waals surface area contributed by atoms with Gasteiger partial charge in [-0.25, -0.2) is 4.39 Å². The van der Waals surface area contributed by atoms with Gasteiger partial charge in [-0.2, -0.15) is 0 Å². The number of anilines is 2. The molecule has 0 atom stereocenters. The lowest BCUT2D eigenvalue weighted by molar-refractivity contribution is 0.628. The Morgan fingerprint density at radius 3 is 2.19 bits per heavy atom. The van der Waals surface area contributed by atoms with Gasteiger partial charge in [-0.15, -0.1) is 10.2 Å². The first-order chi connectivity index (χ1) is 10.1. The van der Waals surface area contributed by atoms with E-state index in [1.807, 2.05) is 24.3 Å². The van der Waals surface area contributed by atoms with Gasteiger partial charge in [0, 0.05) is 10.8 Å². The summed E-state index contributed by atoms with van der Waals surface area (Å²) in [4.78, 5) is 0. The second kappa shape index (κ2) is 5.64. The highest BCUT2D eigenvalue weighted by Crippen LogP contribution is 2.35. The number of nitrogens with zero attached hydrogens (tertiary/aromatic N) is 2. The van der Waals surface area contributed by atoms with Crippen LogP contribution < -0.4 is 5.32 Å². The number of rotatable bonds is 2. The Balaban J connectivity index is 2.13. The van der Waals surface area contributed by atoms with Gasteiger partial charge >= 0.3 is 0 Å². The minimum Gasteiger partial charge on any atom is -0.336 e. The molecule has 0 fully saturated rings. The molecular weight excluding hydrogens is 336 g/mol. The molecule has 1 heterocycles. The minimum atomic E-state index is -0.511. The first-order valence-electron chi connectivity index (χ1n) is 5.89.